The summed E-state index contributed by atoms with van der Waals surface area (Å²) in [5.74, 6) is 0.0322. The van der Waals surface area contributed by atoms with E-state index in [1.54, 1.807) is 23.7 Å². The number of carbonyl (C=O) groups excluding carboxylic acids is 1. The Bertz CT molecular complexity index is 875. The maximum atomic E-state index is 12.5. The van der Waals surface area contributed by atoms with Crippen LogP contribution < -0.4 is 5.32 Å². The maximum Gasteiger partial charge on any atom is 0.226 e. The first-order valence-electron chi connectivity index (χ1n) is 8.51. The molecule has 1 aliphatic rings. The molecule has 0 fully saturated rings. The molecule has 1 amide bonds. The number of hydrogen-bond acceptors (Lipinski definition) is 4. The molecule has 0 bridgehead atoms. The van der Waals surface area contributed by atoms with Gasteiger partial charge in [-0.05, 0) is 42.5 Å². The number of thiazole rings is 1. The third kappa shape index (κ3) is 3.61. The van der Waals surface area contributed by atoms with E-state index in [0.29, 0.717) is 6.42 Å². The predicted molar refractivity (Wildman–Crippen MR) is 99.3 cm³/mol. The number of nitrogens with zero attached hydrogens (tertiary/aromatic N) is 2. The summed E-state index contributed by atoms with van der Waals surface area (Å²) in [6.07, 6.45) is 7.07. The Hall–Kier alpha value is -2.53. The van der Waals surface area contributed by atoms with Crippen LogP contribution in [0.3, 0.4) is 0 Å². The highest BCUT2D eigenvalue weighted by atomic mass is 32.1. The fourth-order valence-corrected chi connectivity index (χ4v) is 4.13. The van der Waals surface area contributed by atoms with Crippen LogP contribution >= 0.6 is 11.3 Å². The molecule has 1 atom stereocenters. The second-order valence-electron chi connectivity index (χ2n) is 6.27. The van der Waals surface area contributed by atoms with Crippen LogP contribution in [-0.4, -0.2) is 15.9 Å². The third-order valence-corrected chi connectivity index (χ3v) is 5.45. The van der Waals surface area contributed by atoms with Gasteiger partial charge < -0.3 is 5.32 Å². The van der Waals surface area contributed by atoms with Crippen molar-refractivity contribution in [2.45, 2.75) is 31.7 Å². The van der Waals surface area contributed by atoms with E-state index in [-0.39, 0.29) is 11.9 Å². The monoisotopic (exact) mass is 349 g/mol. The standard InChI is InChI=1S/C20H19N3OS/c24-19(23-18-9-3-6-14-5-1-2-8-17(14)18)11-16-13-25-20(22-16)15-7-4-10-21-12-15/h1-2,4-5,7-8,10,12-13,18H,3,6,9,11H2,(H,23,24)/t18-/m0/s1. The van der Waals surface area contributed by atoms with Crippen molar-refractivity contribution in [1.82, 2.24) is 15.3 Å². The van der Waals surface area contributed by atoms with Gasteiger partial charge in [0.05, 0.1) is 18.2 Å². The Morgan fingerprint density at radius 2 is 2.16 bits per heavy atom. The molecule has 1 aromatic carbocycles. The van der Waals surface area contributed by atoms with Gasteiger partial charge in [0.25, 0.3) is 0 Å². The van der Waals surface area contributed by atoms with Crippen LogP contribution in [0.1, 0.15) is 35.7 Å². The van der Waals surface area contributed by atoms with Gasteiger partial charge >= 0.3 is 0 Å². The largest absolute Gasteiger partial charge is 0.349 e. The number of rotatable bonds is 4. The lowest BCUT2D eigenvalue weighted by atomic mass is 9.87. The first-order chi connectivity index (χ1) is 12.3. The van der Waals surface area contributed by atoms with Crippen molar-refractivity contribution in [3.8, 4) is 10.6 Å². The molecule has 0 spiro atoms. The van der Waals surface area contributed by atoms with Crippen LogP contribution in [0.4, 0.5) is 0 Å². The summed E-state index contributed by atoms with van der Waals surface area (Å²) in [6, 6.07) is 12.4. The molecule has 5 heteroatoms. The highest BCUT2D eigenvalue weighted by molar-refractivity contribution is 7.13. The molecule has 2 aromatic heterocycles. The van der Waals surface area contributed by atoms with Crippen LogP contribution in [0.25, 0.3) is 10.6 Å². The van der Waals surface area contributed by atoms with Gasteiger partial charge in [0.2, 0.25) is 5.91 Å². The molecule has 4 rings (SSSR count). The molecule has 0 unspecified atom stereocenters. The lowest BCUT2D eigenvalue weighted by Crippen LogP contribution is -2.32. The summed E-state index contributed by atoms with van der Waals surface area (Å²) >= 11 is 1.55. The lowest BCUT2D eigenvalue weighted by Gasteiger charge is -2.26. The van der Waals surface area contributed by atoms with Gasteiger partial charge in [-0.25, -0.2) is 4.98 Å². The van der Waals surface area contributed by atoms with Crippen molar-refractivity contribution >= 4 is 17.2 Å². The van der Waals surface area contributed by atoms with Crippen LogP contribution in [0.15, 0.2) is 54.2 Å². The van der Waals surface area contributed by atoms with Gasteiger partial charge in [-0.2, -0.15) is 0 Å². The molecular weight excluding hydrogens is 330 g/mol. The normalized spacial score (nSPS) is 16.2. The number of aromatic nitrogens is 2. The van der Waals surface area contributed by atoms with Crippen molar-refractivity contribution in [1.29, 1.82) is 0 Å². The van der Waals surface area contributed by atoms with E-state index in [1.165, 1.54) is 11.1 Å². The number of benzene rings is 1. The smallest absolute Gasteiger partial charge is 0.226 e. The second kappa shape index (κ2) is 7.15. The minimum atomic E-state index is 0.0322. The molecular formula is C20H19N3OS. The zero-order valence-corrected chi connectivity index (χ0v) is 14.6. The highest BCUT2D eigenvalue weighted by Gasteiger charge is 2.21. The fourth-order valence-electron chi connectivity index (χ4n) is 3.32. The van der Waals surface area contributed by atoms with Crippen LogP contribution in [-0.2, 0) is 17.6 Å². The number of fused-ring (bicyclic) bond motifs is 1. The molecule has 126 valence electrons. The Balaban J connectivity index is 1.43. The van der Waals surface area contributed by atoms with Gasteiger partial charge in [0.1, 0.15) is 5.01 Å². The van der Waals surface area contributed by atoms with E-state index in [9.17, 15) is 4.79 Å². The summed E-state index contributed by atoms with van der Waals surface area (Å²) in [6.45, 7) is 0. The van der Waals surface area contributed by atoms with Gasteiger partial charge in [0.15, 0.2) is 0 Å². The zero-order valence-electron chi connectivity index (χ0n) is 13.8. The molecule has 4 nitrogen and oxygen atoms in total. The Morgan fingerprint density at radius 3 is 3.04 bits per heavy atom. The number of carbonyl (C=O) groups is 1. The molecule has 0 saturated carbocycles. The molecule has 25 heavy (non-hydrogen) atoms. The van der Waals surface area contributed by atoms with E-state index in [0.717, 1.165) is 35.5 Å². The molecule has 2 heterocycles. The first kappa shape index (κ1) is 16.0. The Morgan fingerprint density at radius 1 is 1.24 bits per heavy atom. The van der Waals surface area contributed by atoms with E-state index in [1.807, 2.05) is 23.6 Å². The highest BCUT2D eigenvalue weighted by Crippen LogP contribution is 2.29. The summed E-state index contributed by atoms with van der Waals surface area (Å²) in [4.78, 5) is 21.2. The average Bonchev–Trinajstić information content (AvgIpc) is 3.11. The third-order valence-electron chi connectivity index (χ3n) is 4.51. The van der Waals surface area contributed by atoms with Gasteiger partial charge in [-0.3, -0.25) is 9.78 Å². The van der Waals surface area contributed by atoms with Gasteiger partial charge in [0, 0.05) is 23.3 Å². The van der Waals surface area contributed by atoms with Crippen LogP contribution in [0.5, 0.6) is 0 Å². The van der Waals surface area contributed by atoms with E-state index in [2.05, 4.69) is 33.5 Å². The first-order valence-corrected chi connectivity index (χ1v) is 9.39. The second-order valence-corrected chi connectivity index (χ2v) is 7.13. The molecule has 0 radical (unpaired) electrons. The van der Waals surface area contributed by atoms with Gasteiger partial charge in [-0.1, -0.05) is 24.3 Å². The number of pyridine rings is 1. The SMILES string of the molecule is O=C(Cc1csc(-c2cccnc2)n1)N[C@H]1CCCc2ccccc21. The van der Waals surface area contributed by atoms with Crippen molar-refractivity contribution in [3.63, 3.8) is 0 Å². The van der Waals surface area contributed by atoms with E-state index in [4.69, 9.17) is 0 Å². The number of aryl methyl sites for hydroxylation is 1. The minimum Gasteiger partial charge on any atom is -0.349 e. The average molecular weight is 349 g/mol. The maximum absolute atomic E-state index is 12.5. The minimum absolute atomic E-state index is 0.0322. The fraction of sp³-hybridized carbons (Fsp3) is 0.250. The Kier molecular flexibility index (Phi) is 4.57. The molecule has 0 saturated heterocycles. The molecule has 0 aliphatic heterocycles. The van der Waals surface area contributed by atoms with Crippen molar-refractivity contribution in [3.05, 3.63) is 71.0 Å². The predicted octanol–water partition coefficient (Wildman–Crippen LogP) is 3.94. The van der Waals surface area contributed by atoms with Crippen molar-refractivity contribution < 1.29 is 4.79 Å². The summed E-state index contributed by atoms with van der Waals surface area (Å²) in [7, 11) is 0. The number of nitrogens with one attached hydrogen (secondary N) is 1. The molecule has 1 N–H and O–H groups in total. The summed E-state index contributed by atoms with van der Waals surface area (Å²) in [5, 5.41) is 6.04. The zero-order chi connectivity index (χ0) is 17.1. The van der Waals surface area contributed by atoms with E-state index < -0.39 is 0 Å². The molecule has 1 aliphatic carbocycles. The van der Waals surface area contributed by atoms with Crippen LogP contribution in [0, 0.1) is 0 Å². The summed E-state index contributed by atoms with van der Waals surface area (Å²) in [5.41, 5.74) is 4.41. The Labute approximate surface area is 151 Å². The molecule has 3 aromatic rings. The van der Waals surface area contributed by atoms with Crippen molar-refractivity contribution in [2.24, 2.45) is 0 Å². The van der Waals surface area contributed by atoms with E-state index >= 15 is 0 Å². The topological polar surface area (TPSA) is 54.9 Å². The quantitative estimate of drug-likeness (QED) is 0.776. The van der Waals surface area contributed by atoms with Crippen LogP contribution in [0.2, 0.25) is 0 Å². The number of hydrogen-bond donors (Lipinski definition) is 1. The van der Waals surface area contributed by atoms with Gasteiger partial charge in [-0.15, -0.1) is 11.3 Å². The lowest BCUT2D eigenvalue weighted by molar-refractivity contribution is -0.121. The van der Waals surface area contributed by atoms with Crippen molar-refractivity contribution in [2.75, 3.05) is 0 Å². The number of amides is 1. The summed E-state index contributed by atoms with van der Waals surface area (Å²) < 4.78 is 0.